The summed E-state index contributed by atoms with van der Waals surface area (Å²) in [6, 6.07) is 3.97. The highest BCUT2D eigenvalue weighted by atomic mass is 35.5. The molecule has 0 amide bonds. The Labute approximate surface area is 131 Å². The summed E-state index contributed by atoms with van der Waals surface area (Å²) in [4.78, 5) is 7.77. The summed E-state index contributed by atoms with van der Waals surface area (Å²) in [6.45, 7) is 0.760. The predicted octanol–water partition coefficient (Wildman–Crippen LogP) is 3.35. The molecule has 3 aromatic heterocycles. The fourth-order valence-corrected chi connectivity index (χ4v) is 3.61. The Morgan fingerprint density at radius 3 is 2.95 bits per heavy atom. The first kappa shape index (κ1) is 13.0. The second-order valence-corrected chi connectivity index (χ2v) is 7.14. The van der Waals surface area contributed by atoms with Crippen LogP contribution in [-0.2, 0) is 6.54 Å². The van der Waals surface area contributed by atoms with Gasteiger partial charge in [0.15, 0.2) is 5.82 Å². The first-order valence-electron chi connectivity index (χ1n) is 6.87. The molecule has 108 valence electrons. The van der Waals surface area contributed by atoms with E-state index in [1.807, 2.05) is 31.6 Å². The summed E-state index contributed by atoms with van der Waals surface area (Å²) >= 11 is 7.58. The van der Waals surface area contributed by atoms with Crippen LogP contribution in [0.3, 0.4) is 0 Å². The van der Waals surface area contributed by atoms with Crippen LogP contribution in [0, 0.1) is 0 Å². The number of fused-ring (bicyclic) bond motifs is 1. The molecule has 0 saturated heterocycles. The van der Waals surface area contributed by atoms with E-state index in [2.05, 4.69) is 24.5 Å². The molecule has 0 aromatic carbocycles. The molecule has 1 fully saturated rings. The van der Waals surface area contributed by atoms with Crippen LogP contribution in [0.4, 0.5) is 5.82 Å². The number of hydrogen-bond acceptors (Lipinski definition) is 5. The van der Waals surface area contributed by atoms with Crippen molar-refractivity contribution in [3.8, 4) is 0 Å². The molecule has 1 aliphatic carbocycles. The third-order valence-corrected chi connectivity index (χ3v) is 4.88. The van der Waals surface area contributed by atoms with Crippen molar-refractivity contribution in [3.05, 3.63) is 39.6 Å². The Morgan fingerprint density at radius 1 is 1.38 bits per heavy atom. The van der Waals surface area contributed by atoms with E-state index >= 15 is 0 Å². The summed E-state index contributed by atoms with van der Waals surface area (Å²) in [7, 11) is 2.02. The van der Waals surface area contributed by atoms with Gasteiger partial charge in [-0.1, -0.05) is 11.6 Å². The van der Waals surface area contributed by atoms with Crippen LogP contribution in [0.1, 0.15) is 29.5 Å². The standard InChI is InChI=1S/C14H14ClN5S/c1-19(8-10-4-5-11(15)21-10)13-14-18-17-12(9-2-3-9)20(14)7-6-16-13/h4-7,9H,2-3,8H2,1H3. The summed E-state index contributed by atoms with van der Waals surface area (Å²) in [5, 5.41) is 8.67. The Hall–Kier alpha value is -1.66. The molecule has 4 rings (SSSR count). The normalized spacial score (nSPS) is 14.8. The Kier molecular flexibility index (Phi) is 3.08. The summed E-state index contributed by atoms with van der Waals surface area (Å²) < 4.78 is 2.88. The van der Waals surface area contributed by atoms with E-state index in [1.165, 1.54) is 17.7 Å². The predicted molar refractivity (Wildman–Crippen MR) is 84.2 cm³/mol. The second-order valence-electron chi connectivity index (χ2n) is 5.34. The van der Waals surface area contributed by atoms with Gasteiger partial charge in [-0.2, -0.15) is 0 Å². The molecule has 0 unspecified atom stereocenters. The fourth-order valence-electron chi connectivity index (χ4n) is 2.47. The van der Waals surface area contributed by atoms with Crippen LogP contribution >= 0.6 is 22.9 Å². The maximum absolute atomic E-state index is 5.99. The van der Waals surface area contributed by atoms with Gasteiger partial charge in [0, 0.05) is 30.2 Å². The lowest BCUT2D eigenvalue weighted by atomic mass is 10.4. The largest absolute Gasteiger partial charge is 0.351 e. The lowest BCUT2D eigenvalue weighted by Crippen LogP contribution is -2.18. The lowest BCUT2D eigenvalue weighted by molar-refractivity contribution is 0.883. The second kappa shape index (κ2) is 4.96. The molecule has 0 atom stereocenters. The van der Waals surface area contributed by atoms with E-state index in [1.54, 1.807) is 11.3 Å². The number of halogens is 1. The van der Waals surface area contributed by atoms with Crippen molar-refractivity contribution in [1.29, 1.82) is 0 Å². The van der Waals surface area contributed by atoms with Crippen molar-refractivity contribution in [2.45, 2.75) is 25.3 Å². The Balaban J connectivity index is 1.69. The van der Waals surface area contributed by atoms with Gasteiger partial charge in [-0.05, 0) is 25.0 Å². The third kappa shape index (κ3) is 2.38. The molecule has 0 bridgehead atoms. The molecule has 7 heteroatoms. The van der Waals surface area contributed by atoms with Crippen LogP contribution in [0.5, 0.6) is 0 Å². The maximum atomic E-state index is 5.99. The molecule has 5 nitrogen and oxygen atoms in total. The zero-order valence-electron chi connectivity index (χ0n) is 11.5. The summed E-state index contributed by atoms with van der Waals surface area (Å²) in [6.07, 6.45) is 6.18. The number of hydrogen-bond donors (Lipinski definition) is 0. The zero-order chi connectivity index (χ0) is 14.4. The number of thiophene rings is 1. The van der Waals surface area contributed by atoms with Crippen LogP contribution in [0.25, 0.3) is 5.65 Å². The van der Waals surface area contributed by atoms with Crippen LogP contribution in [-0.4, -0.2) is 26.6 Å². The molecule has 3 aromatic rings. The molecule has 0 N–H and O–H groups in total. The third-order valence-electron chi connectivity index (χ3n) is 3.66. The Bertz CT molecular complexity index is 792. The van der Waals surface area contributed by atoms with Gasteiger partial charge in [-0.15, -0.1) is 21.5 Å². The van der Waals surface area contributed by atoms with Crippen LogP contribution in [0.15, 0.2) is 24.5 Å². The average molecular weight is 320 g/mol. The van der Waals surface area contributed by atoms with E-state index in [0.717, 1.165) is 28.2 Å². The van der Waals surface area contributed by atoms with Gasteiger partial charge >= 0.3 is 0 Å². The van der Waals surface area contributed by atoms with Crippen molar-refractivity contribution in [3.63, 3.8) is 0 Å². The first-order valence-corrected chi connectivity index (χ1v) is 8.07. The van der Waals surface area contributed by atoms with Gasteiger partial charge in [0.25, 0.3) is 0 Å². The van der Waals surface area contributed by atoms with E-state index in [-0.39, 0.29) is 0 Å². The zero-order valence-corrected chi connectivity index (χ0v) is 13.1. The summed E-state index contributed by atoms with van der Waals surface area (Å²) in [5.41, 5.74) is 0.824. The molecule has 0 spiro atoms. The molecule has 0 aliphatic heterocycles. The van der Waals surface area contributed by atoms with Crippen LogP contribution < -0.4 is 4.90 Å². The molecular weight excluding hydrogens is 306 g/mol. The number of aromatic nitrogens is 4. The van der Waals surface area contributed by atoms with Gasteiger partial charge in [0.05, 0.1) is 10.9 Å². The van der Waals surface area contributed by atoms with Gasteiger partial charge in [0.1, 0.15) is 5.82 Å². The minimum atomic E-state index is 0.566. The van der Waals surface area contributed by atoms with Crippen LogP contribution in [0.2, 0.25) is 4.34 Å². The number of nitrogens with zero attached hydrogens (tertiary/aromatic N) is 5. The van der Waals surface area contributed by atoms with Crippen molar-refractivity contribution in [1.82, 2.24) is 19.6 Å². The van der Waals surface area contributed by atoms with Gasteiger partial charge in [0.2, 0.25) is 5.65 Å². The van der Waals surface area contributed by atoms with Gasteiger partial charge < -0.3 is 4.90 Å². The highest BCUT2D eigenvalue weighted by Gasteiger charge is 2.29. The van der Waals surface area contributed by atoms with E-state index in [4.69, 9.17) is 11.6 Å². The molecule has 1 saturated carbocycles. The van der Waals surface area contributed by atoms with E-state index in [9.17, 15) is 0 Å². The van der Waals surface area contributed by atoms with Crippen molar-refractivity contribution in [2.75, 3.05) is 11.9 Å². The number of anilines is 1. The smallest absolute Gasteiger partial charge is 0.203 e. The minimum absolute atomic E-state index is 0.566. The monoisotopic (exact) mass is 319 g/mol. The van der Waals surface area contributed by atoms with Gasteiger partial charge in [-0.25, -0.2) is 4.98 Å². The van der Waals surface area contributed by atoms with Crippen molar-refractivity contribution in [2.24, 2.45) is 0 Å². The highest BCUT2D eigenvalue weighted by Crippen LogP contribution is 2.39. The molecule has 21 heavy (non-hydrogen) atoms. The summed E-state index contributed by atoms with van der Waals surface area (Å²) in [5.74, 6) is 2.47. The maximum Gasteiger partial charge on any atom is 0.203 e. The topological polar surface area (TPSA) is 46.3 Å². The highest BCUT2D eigenvalue weighted by molar-refractivity contribution is 7.16. The number of rotatable bonds is 4. The molecule has 3 heterocycles. The van der Waals surface area contributed by atoms with E-state index in [0.29, 0.717) is 5.92 Å². The van der Waals surface area contributed by atoms with Gasteiger partial charge in [-0.3, -0.25) is 4.40 Å². The molecule has 0 radical (unpaired) electrons. The fraction of sp³-hybridized carbons (Fsp3) is 0.357. The Morgan fingerprint density at radius 2 is 2.24 bits per heavy atom. The molecule has 1 aliphatic rings. The quantitative estimate of drug-likeness (QED) is 0.740. The first-order chi connectivity index (χ1) is 10.2. The van der Waals surface area contributed by atoms with Crippen molar-refractivity contribution < 1.29 is 0 Å². The minimum Gasteiger partial charge on any atom is -0.351 e. The molecular formula is C14H14ClN5S. The average Bonchev–Trinajstić information content (AvgIpc) is 3.10. The SMILES string of the molecule is CN(Cc1ccc(Cl)s1)c1nccn2c(C3CC3)nnc12. The van der Waals surface area contributed by atoms with E-state index < -0.39 is 0 Å². The van der Waals surface area contributed by atoms with Crippen molar-refractivity contribution >= 4 is 34.4 Å². The lowest BCUT2D eigenvalue weighted by Gasteiger charge is -2.17.